The van der Waals surface area contributed by atoms with Crippen molar-refractivity contribution in [3.8, 4) is 0 Å². The summed E-state index contributed by atoms with van der Waals surface area (Å²) in [5.41, 5.74) is 0. The van der Waals surface area contributed by atoms with Gasteiger partial charge in [0.2, 0.25) is 0 Å². The molecule has 0 fully saturated rings. The van der Waals surface area contributed by atoms with E-state index in [9.17, 15) is 0 Å². The molecule has 0 aromatic carbocycles. The van der Waals surface area contributed by atoms with E-state index in [1.165, 1.54) is 0 Å². The molecule has 39 valence electrons. The summed E-state index contributed by atoms with van der Waals surface area (Å²) in [5.74, 6) is 0. The molecule has 0 aliphatic carbocycles. The molecule has 0 aromatic rings. The van der Waals surface area contributed by atoms with Crippen molar-refractivity contribution in [3.05, 3.63) is 0 Å². The molecule has 0 saturated heterocycles. The van der Waals surface area contributed by atoms with Crippen LogP contribution in [0.3, 0.4) is 0 Å². The molecule has 0 aliphatic rings. The third-order valence-electron chi connectivity index (χ3n) is 0. The molecule has 0 heterocycles. The van der Waals surface area contributed by atoms with Gasteiger partial charge in [0.1, 0.15) is 0 Å². The predicted molar refractivity (Wildman–Crippen MR) is 6.92 cm³/mol. The molecule has 0 atom stereocenters. The molecule has 4 nitrogen and oxygen atoms in total. The Morgan fingerprint density at radius 1 is 1.17 bits per heavy atom. The van der Waals surface area contributed by atoms with Crippen LogP contribution in [0.5, 0.6) is 0 Å². The molecule has 0 saturated carbocycles. The van der Waals surface area contributed by atoms with E-state index in [0.717, 1.165) is 0 Å². The van der Waals surface area contributed by atoms with Gasteiger partial charge in [-0.05, 0) is 0 Å². The Morgan fingerprint density at radius 2 is 1.17 bits per heavy atom. The number of hydrogen-bond donors (Lipinski definition) is 2. The van der Waals surface area contributed by atoms with Crippen LogP contribution in [0.2, 0.25) is 0 Å². The molecule has 1 radical (unpaired) electrons. The summed E-state index contributed by atoms with van der Waals surface area (Å²) in [5, 5.41) is 0. The van der Waals surface area contributed by atoms with Crippen LogP contribution in [-0.4, -0.2) is 8.32 Å². The first-order valence-corrected chi connectivity index (χ1v) is 2.88. The second kappa shape index (κ2) is 2.21. The molecule has 6 heteroatoms. The average molecular weight is 137 g/mol. The van der Waals surface area contributed by atoms with Crippen LogP contribution in [0.15, 0.2) is 0 Å². The van der Waals surface area contributed by atoms with Crippen LogP contribution in [0, 0.1) is 0 Å². The van der Waals surface area contributed by atoms with Gasteiger partial charge in [0.15, 0.2) is 0 Å². The first-order chi connectivity index (χ1) is 2.00. The van der Waals surface area contributed by atoms with Crippen molar-refractivity contribution in [1.29, 1.82) is 0 Å². The van der Waals surface area contributed by atoms with Crippen molar-refractivity contribution in [1.82, 2.24) is 0 Å². The van der Waals surface area contributed by atoms with Crippen LogP contribution < -0.4 is 0 Å². The molecule has 0 bridgehead atoms. The Kier molecular flexibility index (Phi) is 3.45. The normalized spacial score (nSPS) is 9.67. The average Bonchev–Trinajstić information content (AvgIpc) is 0.722. The Morgan fingerprint density at radius 3 is 1.17 bits per heavy atom. The maximum absolute atomic E-state index is 8.82. The summed E-state index contributed by atoms with van der Waals surface area (Å²) in [6.07, 6.45) is 0. The summed E-state index contributed by atoms with van der Waals surface area (Å²) in [6.45, 7) is 0. The fourth-order valence-corrected chi connectivity index (χ4v) is 0. The van der Waals surface area contributed by atoms with Gasteiger partial charge >= 0.3 is 29.5 Å². The molecule has 2 N–H and O–H groups in total. The van der Waals surface area contributed by atoms with Crippen LogP contribution in [0.25, 0.3) is 0 Å². The Bertz CT molecular complexity index is 90.7. The quantitative estimate of drug-likeness (QED) is 0.452. The van der Waals surface area contributed by atoms with Crippen molar-refractivity contribution in [2.45, 2.75) is 0 Å². The van der Waals surface area contributed by atoms with Crippen LogP contribution in [0.4, 0.5) is 4.70 Å². The minimum absolute atomic E-state index is 0. The van der Waals surface area contributed by atoms with Gasteiger partial charge in [0, 0.05) is 4.70 Å². The van der Waals surface area contributed by atoms with E-state index in [-0.39, 0.29) is 4.70 Å². The first kappa shape index (κ1) is 9.36. The van der Waals surface area contributed by atoms with E-state index in [0.29, 0.717) is 0 Å². The molecule has 0 spiro atoms. The molecule has 0 amide bonds. The molecule has 6 heavy (non-hydrogen) atoms. The first-order valence-electron chi connectivity index (χ1n) is 0.698. The van der Waals surface area contributed by atoms with Crippen LogP contribution in [0.1, 0.15) is 0 Å². The van der Waals surface area contributed by atoms with E-state index in [1.807, 2.05) is 0 Å². The predicted octanol–water partition coefficient (Wildman–Crippen LogP) is -0.934. The van der Waals surface area contributed by atoms with Crippen molar-refractivity contribution in [2.75, 3.05) is 0 Å². The third kappa shape index (κ3) is 115000. The van der Waals surface area contributed by atoms with E-state index >= 15 is 0 Å². The van der Waals surface area contributed by atoms with Gasteiger partial charge in [-0.25, -0.2) is 0 Å². The summed E-state index contributed by atoms with van der Waals surface area (Å²) in [4.78, 5) is 0. The summed E-state index contributed by atoms with van der Waals surface area (Å²) in [6, 6.07) is 0. The SMILES string of the molecule is [F].[O]=[Cr](=[O])([OH])[OH]. The number of halogens is 1. The van der Waals surface area contributed by atoms with E-state index in [4.69, 9.17) is 15.9 Å². The third-order valence-corrected chi connectivity index (χ3v) is 0. The minimum atomic E-state index is -5.25. The molecule has 0 rings (SSSR count). The topological polar surface area (TPSA) is 74.6 Å². The molecular formula is H2CrFO4. The Hall–Kier alpha value is -0.0175. The van der Waals surface area contributed by atoms with Gasteiger partial charge in [0.05, 0.1) is 0 Å². The standard InChI is InChI=1S/Cr.F.2H2O.2O/h;;2*1H2;;/q+2;;;;;/p-2. The second-order valence-corrected chi connectivity index (χ2v) is 1.85. The Labute approximate surface area is 35.2 Å². The summed E-state index contributed by atoms with van der Waals surface area (Å²) < 4.78 is 31.9. The molecule has 0 unspecified atom stereocenters. The van der Waals surface area contributed by atoms with Crippen molar-refractivity contribution >= 4 is 0 Å². The second-order valence-electron chi connectivity index (χ2n) is 0.448. The zero-order valence-corrected chi connectivity index (χ0v) is 3.77. The fraction of sp³-hybridized carbons (Fsp3) is 0. The number of hydrogen-bond acceptors (Lipinski definition) is 2. The summed E-state index contributed by atoms with van der Waals surface area (Å²) >= 11 is -5.25. The Balaban J connectivity index is 0. The van der Waals surface area contributed by atoms with Gasteiger partial charge in [-0.1, -0.05) is 0 Å². The molecular weight excluding hydrogens is 135 g/mol. The monoisotopic (exact) mass is 137 g/mol. The molecule has 0 aliphatic heterocycles. The zero-order valence-electron chi connectivity index (χ0n) is 2.50. The van der Waals surface area contributed by atoms with Crippen LogP contribution >= 0.6 is 0 Å². The zero-order chi connectivity index (χ0) is 4.50. The molecule has 0 aromatic heterocycles. The van der Waals surface area contributed by atoms with Gasteiger partial charge in [-0.2, -0.15) is 0 Å². The van der Waals surface area contributed by atoms with E-state index in [2.05, 4.69) is 0 Å². The van der Waals surface area contributed by atoms with Crippen molar-refractivity contribution in [3.63, 3.8) is 0 Å². The van der Waals surface area contributed by atoms with E-state index in [1.54, 1.807) is 0 Å². The maximum atomic E-state index is 8.82. The van der Waals surface area contributed by atoms with Gasteiger partial charge < -0.3 is 0 Å². The summed E-state index contributed by atoms with van der Waals surface area (Å²) in [7, 11) is 0. The van der Waals surface area contributed by atoms with Crippen LogP contribution in [-0.2, 0) is 21.2 Å². The van der Waals surface area contributed by atoms with Gasteiger partial charge in [-0.3, -0.25) is 0 Å². The fourth-order valence-electron chi connectivity index (χ4n) is 0. The van der Waals surface area contributed by atoms with E-state index < -0.39 is 13.6 Å². The van der Waals surface area contributed by atoms with Gasteiger partial charge in [-0.15, -0.1) is 0 Å². The van der Waals surface area contributed by atoms with Crippen molar-refractivity contribution in [2.24, 2.45) is 0 Å². The number of rotatable bonds is 0. The van der Waals surface area contributed by atoms with Crippen molar-refractivity contribution < 1.29 is 34.2 Å². The van der Waals surface area contributed by atoms with Gasteiger partial charge in [0.25, 0.3) is 0 Å².